The number of hydrogen-bond donors (Lipinski definition) is 2. The molecule has 5 heterocycles. The molecule has 0 unspecified atom stereocenters. The number of nitrogens with two attached hydrogens (primary N) is 1. The van der Waals surface area contributed by atoms with E-state index in [9.17, 15) is 0 Å². The highest BCUT2D eigenvalue weighted by molar-refractivity contribution is 6.38. The number of aromatic amines is 1. The van der Waals surface area contributed by atoms with Crippen molar-refractivity contribution in [3.05, 3.63) is 29.0 Å². The molecule has 3 aromatic heterocycles. The summed E-state index contributed by atoms with van der Waals surface area (Å²) < 4.78 is 7.41. The van der Waals surface area contributed by atoms with Crippen LogP contribution in [0.25, 0.3) is 33.3 Å². The van der Waals surface area contributed by atoms with Gasteiger partial charge in [-0.25, -0.2) is 9.97 Å². The maximum Gasteiger partial charge on any atom is 0.177 e. The highest BCUT2D eigenvalue weighted by Gasteiger charge is 2.44. The SMILES string of the molecule is Cc1nc2c(-c3ccc4nn(C)cc4c3Cl)n[nH]c2nc1N1CCC2(CC1)COC[C@H]2N. The smallest absolute Gasteiger partial charge is 0.177 e. The first kappa shape index (κ1) is 19.9. The number of ether oxygens (including phenoxy) is 1. The summed E-state index contributed by atoms with van der Waals surface area (Å²) in [7, 11) is 1.88. The van der Waals surface area contributed by atoms with Crippen molar-refractivity contribution in [2.75, 3.05) is 31.2 Å². The van der Waals surface area contributed by atoms with E-state index < -0.39 is 0 Å². The van der Waals surface area contributed by atoms with E-state index in [1.54, 1.807) is 4.68 Å². The van der Waals surface area contributed by atoms with Crippen molar-refractivity contribution in [3.8, 4) is 11.3 Å². The molecule has 9 nitrogen and oxygen atoms in total. The van der Waals surface area contributed by atoms with E-state index in [-0.39, 0.29) is 11.5 Å². The van der Waals surface area contributed by atoms with Crippen molar-refractivity contribution in [2.45, 2.75) is 25.8 Å². The molecule has 2 fully saturated rings. The number of fused-ring (bicyclic) bond motifs is 2. The lowest BCUT2D eigenvalue weighted by Gasteiger charge is -2.41. The van der Waals surface area contributed by atoms with Gasteiger partial charge >= 0.3 is 0 Å². The van der Waals surface area contributed by atoms with Crippen LogP contribution in [0.4, 0.5) is 5.82 Å². The van der Waals surface area contributed by atoms with Gasteiger partial charge in [0, 0.05) is 48.7 Å². The first-order chi connectivity index (χ1) is 15.4. The third kappa shape index (κ3) is 2.92. The van der Waals surface area contributed by atoms with Crippen LogP contribution in [0.3, 0.4) is 0 Å². The topological polar surface area (TPSA) is 111 Å². The van der Waals surface area contributed by atoms with E-state index in [0.29, 0.717) is 23.0 Å². The summed E-state index contributed by atoms with van der Waals surface area (Å²) in [6, 6.07) is 4.01. The number of aromatic nitrogens is 6. The van der Waals surface area contributed by atoms with Gasteiger partial charge in [0.25, 0.3) is 0 Å². The van der Waals surface area contributed by atoms with Crippen molar-refractivity contribution >= 4 is 39.5 Å². The molecule has 0 bridgehead atoms. The number of aryl methyl sites for hydroxylation is 2. The minimum atomic E-state index is 0.102. The van der Waals surface area contributed by atoms with E-state index in [4.69, 9.17) is 32.0 Å². The summed E-state index contributed by atoms with van der Waals surface area (Å²) in [6.45, 7) is 5.21. The highest BCUT2D eigenvalue weighted by Crippen LogP contribution is 2.40. The van der Waals surface area contributed by atoms with Crippen molar-refractivity contribution in [3.63, 3.8) is 0 Å². The molecular formula is C22H25ClN8O. The van der Waals surface area contributed by atoms with Crippen molar-refractivity contribution in [1.82, 2.24) is 29.9 Å². The third-order valence-electron chi connectivity index (χ3n) is 7.07. The molecule has 1 aromatic carbocycles. The second-order valence-corrected chi connectivity index (χ2v) is 9.41. The molecule has 0 amide bonds. The lowest BCUT2D eigenvalue weighted by atomic mass is 9.75. The van der Waals surface area contributed by atoms with Crippen LogP contribution in [-0.2, 0) is 11.8 Å². The zero-order chi connectivity index (χ0) is 22.0. The Hall–Kier alpha value is -2.75. The molecule has 0 saturated carbocycles. The summed E-state index contributed by atoms with van der Waals surface area (Å²) in [5.41, 5.74) is 11.1. The van der Waals surface area contributed by atoms with Gasteiger partial charge in [-0.3, -0.25) is 9.78 Å². The zero-order valence-corrected chi connectivity index (χ0v) is 18.9. The summed E-state index contributed by atoms with van der Waals surface area (Å²) in [4.78, 5) is 12.1. The van der Waals surface area contributed by atoms with Crippen LogP contribution in [-0.4, -0.2) is 62.3 Å². The maximum absolute atomic E-state index is 6.73. The van der Waals surface area contributed by atoms with Crippen LogP contribution in [0.1, 0.15) is 18.5 Å². The number of nitrogens with zero attached hydrogens (tertiary/aromatic N) is 6. The Morgan fingerprint density at radius 3 is 2.81 bits per heavy atom. The van der Waals surface area contributed by atoms with Crippen molar-refractivity contribution in [2.24, 2.45) is 18.2 Å². The van der Waals surface area contributed by atoms with Gasteiger partial charge in [-0.15, -0.1) is 0 Å². The summed E-state index contributed by atoms with van der Waals surface area (Å²) in [6.07, 6.45) is 3.92. The van der Waals surface area contributed by atoms with Gasteiger partial charge in [0.2, 0.25) is 0 Å². The monoisotopic (exact) mass is 452 g/mol. The van der Waals surface area contributed by atoms with Crippen LogP contribution in [0, 0.1) is 12.3 Å². The molecule has 6 rings (SSSR count). The molecule has 3 N–H and O–H groups in total. The minimum absolute atomic E-state index is 0.102. The van der Waals surface area contributed by atoms with E-state index in [2.05, 4.69) is 20.2 Å². The second-order valence-electron chi connectivity index (χ2n) is 9.04. The molecule has 166 valence electrons. The predicted octanol–water partition coefficient (Wildman–Crippen LogP) is 2.81. The van der Waals surface area contributed by atoms with E-state index in [1.807, 2.05) is 32.3 Å². The molecule has 1 atom stereocenters. The highest BCUT2D eigenvalue weighted by atomic mass is 35.5. The first-order valence-electron chi connectivity index (χ1n) is 10.9. The fourth-order valence-electron chi connectivity index (χ4n) is 5.12. The van der Waals surface area contributed by atoms with E-state index in [0.717, 1.165) is 66.0 Å². The van der Waals surface area contributed by atoms with Gasteiger partial charge in [-0.2, -0.15) is 10.2 Å². The second kappa shape index (κ2) is 7.13. The predicted molar refractivity (Wildman–Crippen MR) is 124 cm³/mol. The van der Waals surface area contributed by atoms with Gasteiger partial charge < -0.3 is 15.4 Å². The summed E-state index contributed by atoms with van der Waals surface area (Å²) in [5, 5.41) is 13.5. The number of nitrogens with one attached hydrogen (secondary N) is 1. The van der Waals surface area contributed by atoms with Gasteiger partial charge in [0.05, 0.1) is 29.4 Å². The van der Waals surface area contributed by atoms with Gasteiger partial charge in [0.1, 0.15) is 11.2 Å². The Morgan fingerprint density at radius 1 is 1.25 bits per heavy atom. The molecule has 2 aliphatic rings. The Balaban J connectivity index is 1.35. The number of anilines is 1. The molecule has 1 spiro atoms. The molecule has 2 aliphatic heterocycles. The summed E-state index contributed by atoms with van der Waals surface area (Å²) >= 11 is 6.73. The lowest BCUT2D eigenvalue weighted by molar-refractivity contribution is 0.131. The van der Waals surface area contributed by atoms with Gasteiger partial charge in [0.15, 0.2) is 11.5 Å². The first-order valence-corrected chi connectivity index (χ1v) is 11.3. The minimum Gasteiger partial charge on any atom is -0.379 e. The molecule has 4 aromatic rings. The third-order valence-corrected chi connectivity index (χ3v) is 7.48. The number of halogens is 1. The number of rotatable bonds is 2. The maximum atomic E-state index is 6.73. The zero-order valence-electron chi connectivity index (χ0n) is 18.1. The molecule has 2 saturated heterocycles. The van der Waals surface area contributed by atoms with Crippen LogP contribution < -0.4 is 10.6 Å². The Kier molecular flexibility index (Phi) is 4.43. The molecule has 0 aliphatic carbocycles. The fraction of sp³-hybridized carbons (Fsp3) is 0.455. The quantitative estimate of drug-likeness (QED) is 0.481. The average Bonchev–Trinajstić information content (AvgIpc) is 3.46. The Labute approximate surface area is 189 Å². The summed E-state index contributed by atoms with van der Waals surface area (Å²) in [5.74, 6) is 0.892. The Morgan fingerprint density at radius 2 is 2.06 bits per heavy atom. The number of hydrogen-bond acceptors (Lipinski definition) is 7. The van der Waals surface area contributed by atoms with Crippen LogP contribution in [0.2, 0.25) is 5.02 Å². The largest absolute Gasteiger partial charge is 0.379 e. The van der Waals surface area contributed by atoms with Crippen molar-refractivity contribution < 1.29 is 4.74 Å². The van der Waals surface area contributed by atoms with Crippen LogP contribution >= 0.6 is 11.6 Å². The van der Waals surface area contributed by atoms with Gasteiger partial charge in [-0.1, -0.05) is 11.6 Å². The fourth-order valence-corrected chi connectivity index (χ4v) is 5.41. The molecule has 0 radical (unpaired) electrons. The lowest BCUT2D eigenvalue weighted by Crippen LogP contribution is -2.49. The molecular weight excluding hydrogens is 428 g/mol. The molecule has 32 heavy (non-hydrogen) atoms. The normalized spacial score (nSPS) is 20.8. The Bertz CT molecular complexity index is 1340. The van der Waals surface area contributed by atoms with Crippen LogP contribution in [0.15, 0.2) is 18.3 Å². The number of benzene rings is 1. The number of piperidine rings is 1. The van der Waals surface area contributed by atoms with Crippen molar-refractivity contribution in [1.29, 1.82) is 0 Å². The van der Waals surface area contributed by atoms with Gasteiger partial charge in [-0.05, 0) is 31.9 Å². The number of H-pyrrole nitrogens is 1. The standard InChI is InChI=1S/C22H25ClN8O/c1-12-21(31-7-5-22(6-8-31)11-32-10-16(22)24)26-20-19(25-12)18(27-28-20)13-3-4-15-14(17(13)23)9-30(2)29-15/h3-4,9,16H,5-8,10-11,24H2,1-2H3,(H,26,27,28)/t16-/m1/s1. The van der Waals surface area contributed by atoms with Crippen LogP contribution in [0.5, 0.6) is 0 Å². The molecule has 10 heteroatoms. The average molecular weight is 453 g/mol. The van der Waals surface area contributed by atoms with E-state index >= 15 is 0 Å². The van der Waals surface area contributed by atoms with E-state index in [1.165, 1.54) is 0 Å².